The first kappa shape index (κ1) is 15.9. The van der Waals surface area contributed by atoms with E-state index in [0.717, 1.165) is 38.5 Å². The van der Waals surface area contributed by atoms with Crippen LogP contribution < -0.4 is 0 Å². The van der Waals surface area contributed by atoms with Crippen LogP contribution in [0.1, 0.15) is 65.7 Å². The zero-order valence-electron chi connectivity index (χ0n) is 11.1. The Labute approximate surface area is 103 Å². The Hall–Kier alpha value is -1.06. The Bertz CT molecular complexity index is 240. The molecule has 0 aromatic rings. The van der Waals surface area contributed by atoms with Crippen molar-refractivity contribution in [2.45, 2.75) is 71.3 Å². The van der Waals surface area contributed by atoms with Gasteiger partial charge in [0.2, 0.25) is 0 Å². The van der Waals surface area contributed by atoms with Crippen molar-refractivity contribution in [3.05, 3.63) is 0 Å². The minimum absolute atomic E-state index is 0.501. The molecular weight excluding hydrogens is 220 g/mol. The standard InChI is InChI=1S/C13H24O4/c1-4-6-8-13(3,9-7-5-2)17-12(16)10-11(14)15/h4-10H2,1-3H3,(H,14,15). The van der Waals surface area contributed by atoms with Gasteiger partial charge in [0.25, 0.3) is 0 Å². The second-order valence-electron chi connectivity index (χ2n) is 4.70. The molecule has 0 fully saturated rings. The van der Waals surface area contributed by atoms with Gasteiger partial charge < -0.3 is 9.84 Å². The van der Waals surface area contributed by atoms with Crippen LogP contribution in [0.5, 0.6) is 0 Å². The normalized spacial score (nSPS) is 11.2. The molecular formula is C13H24O4. The highest BCUT2D eigenvalue weighted by Gasteiger charge is 2.28. The lowest BCUT2D eigenvalue weighted by Gasteiger charge is -2.29. The number of hydrogen-bond acceptors (Lipinski definition) is 3. The SMILES string of the molecule is CCCCC(C)(CCCC)OC(=O)CC(=O)O. The summed E-state index contributed by atoms with van der Waals surface area (Å²) in [5.41, 5.74) is -0.501. The summed E-state index contributed by atoms with van der Waals surface area (Å²) in [7, 11) is 0. The summed E-state index contributed by atoms with van der Waals surface area (Å²) in [5.74, 6) is -1.77. The molecule has 0 atom stereocenters. The molecule has 0 bridgehead atoms. The van der Waals surface area contributed by atoms with Crippen molar-refractivity contribution >= 4 is 11.9 Å². The third-order valence-electron chi connectivity index (χ3n) is 2.77. The van der Waals surface area contributed by atoms with Crippen LogP contribution >= 0.6 is 0 Å². The molecule has 0 spiro atoms. The molecule has 1 N–H and O–H groups in total. The highest BCUT2D eigenvalue weighted by molar-refractivity contribution is 5.90. The van der Waals surface area contributed by atoms with Gasteiger partial charge in [-0.1, -0.05) is 26.7 Å². The Morgan fingerprint density at radius 2 is 1.59 bits per heavy atom. The number of hydrogen-bond donors (Lipinski definition) is 1. The van der Waals surface area contributed by atoms with Crippen molar-refractivity contribution < 1.29 is 19.4 Å². The maximum Gasteiger partial charge on any atom is 0.317 e. The van der Waals surface area contributed by atoms with E-state index in [2.05, 4.69) is 13.8 Å². The van der Waals surface area contributed by atoms with E-state index in [1.807, 2.05) is 6.92 Å². The Kier molecular flexibility index (Phi) is 7.59. The van der Waals surface area contributed by atoms with Crippen LogP contribution in [0.15, 0.2) is 0 Å². The largest absolute Gasteiger partial charge is 0.481 e. The van der Waals surface area contributed by atoms with E-state index < -0.39 is 24.0 Å². The van der Waals surface area contributed by atoms with E-state index in [0.29, 0.717) is 0 Å². The highest BCUT2D eigenvalue weighted by atomic mass is 16.6. The first-order valence-electron chi connectivity index (χ1n) is 6.37. The summed E-state index contributed by atoms with van der Waals surface area (Å²) in [6.45, 7) is 6.07. The summed E-state index contributed by atoms with van der Waals surface area (Å²) < 4.78 is 5.33. The van der Waals surface area contributed by atoms with Crippen LogP contribution in [0.4, 0.5) is 0 Å². The topological polar surface area (TPSA) is 63.6 Å². The zero-order valence-corrected chi connectivity index (χ0v) is 11.1. The molecule has 0 aromatic carbocycles. The number of unbranched alkanes of at least 4 members (excludes halogenated alkanes) is 2. The van der Waals surface area contributed by atoms with Crippen LogP contribution in [-0.4, -0.2) is 22.6 Å². The minimum Gasteiger partial charge on any atom is -0.481 e. The molecule has 0 unspecified atom stereocenters. The number of carbonyl (C=O) groups excluding carboxylic acids is 1. The molecule has 0 rings (SSSR count). The number of carbonyl (C=O) groups is 2. The fraction of sp³-hybridized carbons (Fsp3) is 0.846. The number of ether oxygens (including phenoxy) is 1. The number of esters is 1. The minimum atomic E-state index is -1.14. The lowest BCUT2D eigenvalue weighted by atomic mass is 9.92. The van der Waals surface area contributed by atoms with Crippen molar-refractivity contribution in [3.63, 3.8) is 0 Å². The lowest BCUT2D eigenvalue weighted by molar-refractivity contribution is -0.163. The molecule has 0 aromatic heterocycles. The van der Waals surface area contributed by atoms with E-state index in [-0.39, 0.29) is 0 Å². The average molecular weight is 244 g/mol. The predicted octanol–water partition coefficient (Wildman–Crippen LogP) is 3.14. The van der Waals surface area contributed by atoms with Gasteiger partial charge in [-0.05, 0) is 32.6 Å². The van der Waals surface area contributed by atoms with Crippen molar-refractivity contribution in [3.8, 4) is 0 Å². The van der Waals surface area contributed by atoms with Gasteiger partial charge in [0.05, 0.1) is 0 Å². The Morgan fingerprint density at radius 1 is 1.12 bits per heavy atom. The molecule has 17 heavy (non-hydrogen) atoms. The van der Waals surface area contributed by atoms with E-state index in [9.17, 15) is 9.59 Å². The molecule has 0 amide bonds. The molecule has 0 saturated heterocycles. The number of carboxylic acids is 1. The fourth-order valence-corrected chi connectivity index (χ4v) is 1.76. The lowest BCUT2D eigenvalue weighted by Crippen LogP contribution is -2.32. The third kappa shape index (κ3) is 7.77. The van der Waals surface area contributed by atoms with Gasteiger partial charge in [-0.2, -0.15) is 0 Å². The van der Waals surface area contributed by atoms with Gasteiger partial charge in [-0.25, -0.2) is 0 Å². The first-order chi connectivity index (χ1) is 7.93. The van der Waals surface area contributed by atoms with E-state index in [1.54, 1.807) is 0 Å². The predicted molar refractivity (Wildman–Crippen MR) is 65.8 cm³/mol. The van der Waals surface area contributed by atoms with Gasteiger partial charge in [-0.3, -0.25) is 9.59 Å². The van der Waals surface area contributed by atoms with Crippen LogP contribution in [0, 0.1) is 0 Å². The van der Waals surface area contributed by atoms with Crippen LogP contribution in [0.3, 0.4) is 0 Å². The van der Waals surface area contributed by atoms with Gasteiger partial charge in [0.15, 0.2) is 0 Å². The van der Waals surface area contributed by atoms with Gasteiger partial charge in [-0.15, -0.1) is 0 Å². The van der Waals surface area contributed by atoms with Crippen LogP contribution in [0.2, 0.25) is 0 Å². The monoisotopic (exact) mass is 244 g/mol. The van der Waals surface area contributed by atoms with Crippen LogP contribution in [0.25, 0.3) is 0 Å². The van der Waals surface area contributed by atoms with E-state index >= 15 is 0 Å². The van der Waals surface area contributed by atoms with E-state index in [4.69, 9.17) is 9.84 Å². The molecule has 4 nitrogen and oxygen atoms in total. The second-order valence-corrected chi connectivity index (χ2v) is 4.70. The molecule has 0 radical (unpaired) electrons. The maximum absolute atomic E-state index is 11.4. The summed E-state index contributed by atoms with van der Waals surface area (Å²) in [6.07, 6.45) is 5.11. The average Bonchev–Trinajstić information content (AvgIpc) is 2.22. The summed E-state index contributed by atoms with van der Waals surface area (Å²) >= 11 is 0. The number of aliphatic carboxylic acids is 1. The van der Waals surface area contributed by atoms with Crippen molar-refractivity contribution in [1.82, 2.24) is 0 Å². The third-order valence-corrected chi connectivity index (χ3v) is 2.77. The quantitative estimate of drug-likeness (QED) is 0.500. The second kappa shape index (κ2) is 8.09. The van der Waals surface area contributed by atoms with Crippen LogP contribution in [-0.2, 0) is 14.3 Å². The number of rotatable bonds is 9. The van der Waals surface area contributed by atoms with Gasteiger partial charge in [0, 0.05) is 0 Å². The Morgan fingerprint density at radius 3 is 1.94 bits per heavy atom. The molecule has 100 valence electrons. The van der Waals surface area contributed by atoms with Crippen molar-refractivity contribution in [2.75, 3.05) is 0 Å². The van der Waals surface area contributed by atoms with Gasteiger partial charge in [0.1, 0.15) is 12.0 Å². The summed E-state index contributed by atoms with van der Waals surface area (Å²) in [5, 5.41) is 8.53. The molecule has 0 aliphatic carbocycles. The summed E-state index contributed by atoms with van der Waals surface area (Å²) in [4.78, 5) is 21.8. The highest BCUT2D eigenvalue weighted by Crippen LogP contribution is 2.26. The molecule has 0 aliphatic rings. The zero-order chi connectivity index (χ0) is 13.3. The first-order valence-corrected chi connectivity index (χ1v) is 6.37. The molecule has 0 aliphatic heterocycles. The van der Waals surface area contributed by atoms with Crippen molar-refractivity contribution in [1.29, 1.82) is 0 Å². The summed E-state index contributed by atoms with van der Waals surface area (Å²) in [6, 6.07) is 0. The molecule has 0 saturated carbocycles. The smallest absolute Gasteiger partial charge is 0.317 e. The number of carboxylic acid groups (broad SMARTS) is 1. The van der Waals surface area contributed by atoms with Gasteiger partial charge >= 0.3 is 11.9 Å². The molecule has 0 heterocycles. The maximum atomic E-state index is 11.4. The van der Waals surface area contributed by atoms with Crippen molar-refractivity contribution in [2.24, 2.45) is 0 Å². The molecule has 4 heteroatoms. The fourth-order valence-electron chi connectivity index (χ4n) is 1.76. The van der Waals surface area contributed by atoms with E-state index in [1.165, 1.54) is 0 Å². The Balaban J connectivity index is 4.34.